The van der Waals surface area contributed by atoms with E-state index in [-0.39, 0.29) is 18.1 Å². The molecule has 116 valence electrons. The summed E-state index contributed by atoms with van der Waals surface area (Å²) in [6.07, 6.45) is 5.44. The van der Waals surface area contributed by atoms with E-state index in [9.17, 15) is 9.18 Å². The van der Waals surface area contributed by atoms with Crippen molar-refractivity contribution in [2.45, 2.75) is 12.8 Å². The molecule has 0 fully saturated rings. The van der Waals surface area contributed by atoms with Gasteiger partial charge in [-0.25, -0.2) is 9.37 Å². The second-order valence-electron chi connectivity index (χ2n) is 4.91. The van der Waals surface area contributed by atoms with Crippen LogP contribution in [0.4, 0.5) is 10.1 Å². The maximum Gasteiger partial charge on any atom is 0.224 e. The summed E-state index contributed by atoms with van der Waals surface area (Å²) in [5, 5.41) is 2.77. The highest BCUT2D eigenvalue weighted by molar-refractivity contribution is 5.90. The first-order valence-corrected chi connectivity index (χ1v) is 7.11. The fourth-order valence-corrected chi connectivity index (χ4v) is 2.05. The largest absolute Gasteiger partial charge is 0.441 e. The Kier molecular flexibility index (Phi) is 4.42. The second-order valence-corrected chi connectivity index (χ2v) is 4.91. The number of aryl methyl sites for hydroxylation is 1. The first-order chi connectivity index (χ1) is 11.2. The van der Waals surface area contributed by atoms with Crippen LogP contribution in [0.5, 0.6) is 0 Å². The van der Waals surface area contributed by atoms with E-state index >= 15 is 0 Å². The predicted octanol–water partition coefficient (Wildman–Crippen LogP) is 3.45. The summed E-state index contributed by atoms with van der Waals surface area (Å²) in [5.74, 6) is 0.586. The highest BCUT2D eigenvalue weighted by Crippen LogP contribution is 2.21. The minimum absolute atomic E-state index is 0.127. The van der Waals surface area contributed by atoms with E-state index in [0.717, 1.165) is 5.56 Å². The zero-order valence-electron chi connectivity index (χ0n) is 12.2. The molecule has 3 aromatic rings. The maximum absolute atomic E-state index is 12.9. The third-order valence-corrected chi connectivity index (χ3v) is 3.21. The molecule has 1 N–H and O–H groups in total. The summed E-state index contributed by atoms with van der Waals surface area (Å²) < 4.78 is 18.5. The van der Waals surface area contributed by atoms with Gasteiger partial charge >= 0.3 is 0 Å². The highest BCUT2D eigenvalue weighted by atomic mass is 19.1. The van der Waals surface area contributed by atoms with Crippen LogP contribution in [0.25, 0.3) is 11.3 Å². The van der Waals surface area contributed by atoms with Crippen molar-refractivity contribution in [1.29, 1.82) is 0 Å². The molecule has 0 atom stereocenters. The second kappa shape index (κ2) is 6.83. The molecule has 5 nitrogen and oxygen atoms in total. The van der Waals surface area contributed by atoms with E-state index in [1.165, 1.54) is 12.1 Å². The van der Waals surface area contributed by atoms with Gasteiger partial charge in [-0.3, -0.25) is 9.78 Å². The first-order valence-electron chi connectivity index (χ1n) is 7.11. The number of oxazole rings is 1. The summed E-state index contributed by atoms with van der Waals surface area (Å²) in [6.45, 7) is 0. The molecule has 6 heteroatoms. The summed E-state index contributed by atoms with van der Waals surface area (Å²) in [6, 6.07) is 9.40. The van der Waals surface area contributed by atoms with E-state index in [1.54, 1.807) is 42.9 Å². The van der Waals surface area contributed by atoms with Gasteiger partial charge in [0.05, 0.1) is 6.20 Å². The fourth-order valence-electron chi connectivity index (χ4n) is 2.05. The van der Waals surface area contributed by atoms with Crippen molar-refractivity contribution < 1.29 is 13.6 Å². The molecule has 1 amide bonds. The number of anilines is 1. The third kappa shape index (κ3) is 4.00. The monoisotopic (exact) mass is 311 g/mol. The van der Waals surface area contributed by atoms with Crippen LogP contribution < -0.4 is 5.32 Å². The number of hydrogen-bond acceptors (Lipinski definition) is 4. The van der Waals surface area contributed by atoms with Gasteiger partial charge < -0.3 is 9.73 Å². The van der Waals surface area contributed by atoms with Crippen molar-refractivity contribution in [3.05, 3.63) is 66.7 Å². The minimum Gasteiger partial charge on any atom is -0.441 e. The Bertz CT molecular complexity index is 785. The van der Waals surface area contributed by atoms with Gasteiger partial charge in [-0.15, -0.1) is 0 Å². The van der Waals surface area contributed by atoms with Crippen LogP contribution in [0, 0.1) is 5.82 Å². The molecule has 0 aliphatic rings. The van der Waals surface area contributed by atoms with Crippen molar-refractivity contribution >= 4 is 11.6 Å². The van der Waals surface area contributed by atoms with Gasteiger partial charge in [-0.2, -0.15) is 0 Å². The lowest BCUT2D eigenvalue weighted by Gasteiger charge is -2.03. The van der Waals surface area contributed by atoms with Gasteiger partial charge in [-0.1, -0.05) is 0 Å². The predicted molar refractivity (Wildman–Crippen MR) is 83.1 cm³/mol. The number of carbonyl (C=O) groups is 1. The Balaban J connectivity index is 1.57. The summed E-state index contributed by atoms with van der Waals surface area (Å²) in [5.41, 5.74) is 1.44. The molecule has 0 aliphatic carbocycles. The smallest absolute Gasteiger partial charge is 0.224 e. The number of amides is 1. The third-order valence-electron chi connectivity index (χ3n) is 3.21. The molecule has 0 bridgehead atoms. The van der Waals surface area contributed by atoms with Crippen molar-refractivity contribution in [3.63, 3.8) is 0 Å². The number of rotatable bonds is 5. The number of carbonyl (C=O) groups excluding carboxylic acids is 1. The van der Waals surface area contributed by atoms with E-state index in [1.807, 2.05) is 0 Å². The molecular weight excluding hydrogens is 297 g/mol. The van der Waals surface area contributed by atoms with Gasteiger partial charge in [0.15, 0.2) is 11.7 Å². The first kappa shape index (κ1) is 14.9. The molecule has 1 aromatic carbocycles. The topological polar surface area (TPSA) is 68.0 Å². The van der Waals surface area contributed by atoms with Crippen molar-refractivity contribution in [2.75, 3.05) is 5.32 Å². The molecule has 23 heavy (non-hydrogen) atoms. The zero-order valence-corrected chi connectivity index (χ0v) is 12.2. The lowest BCUT2D eigenvalue weighted by atomic mass is 10.2. The Hall–Kier alpha value is -3.02. The highest BCUT2D eigenvalue weighted by Gasteiger charge is 2.09. The van der Waals surface area contributed by atoms with E-state index in [0.29, 0.717) is 23.8 Å². The molecule has 0 spiro atoms. The molecule has 0 unspecified atom stereocenters. The summed E-state index contributed by atoms with van der Waals surface area (Å²) in [7, 11) is 0. The maximum atomic E-state index is 12.9. The number of hydrogen-bond donors (Lipinski definition) is 1. The van der Waals surface area contributed by atoms with Crippen LogP contribution in [0.15, 0.2) is 59.4 Å². The quantitative estimate of drug-likeness (QED) is 0.783. The lowest BCUT2D eigenvalue weighted by molar-refractivity contribution is -0.116. The van der Waals surface area contributed by atoms with Gasteiger partial charge in [0.2, 0.25) is 5.91 Å². The van der Waals surface area contributed by atoms with Crippen LogP contribution in [-0.4, -0.2) is 15.9 Å². The van der Waals surface area contributed by atoms with E-state index in [2.05, 4.69) is 15.3 Å². The van der Waals surface area contributed by atoms with Gasteiger partial charge in [0.1, 0.15) is 5.82 Å². The number of benzene rings is 1. The van der Waals surface area contributed by atoms with E-state index in [4.69, 9.17) is 4.42 Å². The number of nitrogens with zero attached hydrogens (tertiary/aromatic N) is 2. The van der Waals surface area contributed by atoms with Crippen LogP contribution >= 0.6 is 0 Å². The Morgan fingerprint density at radius 1 is 1.13 bits per heavy atom. The molecule has 2 heterocycles. The molecule has 0 radical (unpaired) electrons. The Morgan fingerprint density at radius 3 is 2.61 bits per heavy atom. The Morgan fingerprint density at radius 2 is 1.87 bits per heavy atom. The number of halogens is 1. The summed E-state index contributed by atoms with van der Waals surface area (Å²) in [4.78, 5) is 19.9. The SMILES string of the molecule is O=C(CCc1ncc(-c2ccc(F)cc2)o1)Nc1ccncc1. The number of nitrogens with one attached hydrogen (secondary N) is 1. The standard InChI is InChI=1S/C17H14FN3O2/c18-13-3-1-12(2-4-13)15-11-20-17(23-15)6-5-16(22)21-14-7-9-19-10-8-14/h1-4,7-11H,5-6H2,(H,19,21,22). The average molecular weight is 311 g/mol. The molecule has 0 aliphatic heterocycles. The van der Waals surface area contributed by atoms with Crippen LogP contribution in [-0.2, 0) is 11.2 Å². The number of pyridine rings is 1. The molecular formula is C17H14FN3O2. The molecule has 0 saturated heterocycles. The van der Waals surface area contributed by atoms with Crippen molar-refractivity contribution in [1.82, 2.24) is 9.97 Å². The normalized spacial score (nSPS) is 10.5. The minimum atomic E-state index is -0.304. The summed E-state index contributed by atoms with van der Waals surface area (Å²) >= 11 is 0. The van der Waals surface area contributed by atoms with Crippen LogP contribution in [0.2, 0.25) is 0 Å². The van der Waals surface area contributed by atoms with E-state index < -0.39 is 0 Å². The molecule has 3 rings (SSSR count). The van der Waals surface area contributed by atoms with Gasteiger partial charge in [0.25, 0.3) is 0 Å². The van der Waals surface area contributed by atoms with Crippen LogP contribution in [0.1, 0.15) is 12.3 Å². The van der Waals surface area contributed by atoms with Gasteiger partial charge in [0, 0.05) is 36.5 Å². The van der Waals surface area contributed by atoms with Crippen LogP contribution in [0.3, 0.4) is 0 Å². The lowest BCUT2D eigenvalue weighted by Crippen LogP contribution is -2.12. The van der Waals surface area contributed by atoms with Gasteiger partial charge in [-0.05, 0) is 36.4 Å². The fraction of sp³-hybridized carbons (Fsp3) is 0.118. The average Bonchev–Trinajstić information content (AvgIpc) is 3.04. The molecule has 0 saturated carbocycles. The Labute approximate surface area is 132 Å². The van der Waals surface area contributed by atoms with Crippen molar-refractivity contribution in [3.8, 4) is 11.3 Å². The molecule has 2 aromatic heterocycles. The van der Waals surface area contributed by atoms with Crippen molar-refractivity contribution in [2.24, 2.45) is 0 Å². The number of aromatic nitrogens is 2. The zero-order chi connectivity index (χ0) is 16.1.